The number of nitrogens with zero attached hydrogens (tertiary/aromatic N) is 1. The van der Waals surface area contributed by atoms with Gasteiger partial charge in [-0.3, -0.25) is 4.98 Å². The number of benzene rings is 2. The minimum atomic E-state index is 0.0788. The first-order valence-corrected chi connectivity index (χ1v) is 8.79. The van der Waals surface area contributed by atoms with Crippen LogP contribution in [-0.4, -0.2) is 10.1 Å². The van der Waals surface area contributed by atoms with E-state index in [2.05, 4.69) is 29.4 Å². The Morgan fingerprint density at radius 2 is 1.81 bits per heavy atom. The first-order valence-electron chi connectivity index (χ1n) is 8.79. The molecule has 0 aliphatic heterocycles. The summed E-state index contributed by atoms with van der Waals surface area (Å²) in [6.45, 7) is 3.45. The van der Waals surface area contributed by atoms with Crippen molar-refractivity contribution in [2.24, 2.45) is 0 Å². The molecule has 0 amide bonds. The number of pyridine rings is 1. The number of aliphatic hydroxyl groups is 1. The van der Waals surface area contributed by atoms with Crippen LogP contribution in [0.3, 0.4) is 0 Å². The molecule has 1 atom stereocenters. The van der Waals surface area contributed by atoms with Gasteiger partial charge in [0.05, 0.1) is 12.3 Å². The molecule has 0 bridgehead atoms. The number of nitrogens with one attached hydrogen (secondary N) is 1. The van der Waals surface area contributed by atoms with Gasteiger partial charge < -0.3 is 15.2 Å². The highest BCUT2D eigenvalue weighted by Gasteiger charge is 2.07. The van der Waals surface area contributed by atoms with Crippen LogP contribution in [0.25, 0.3) is 0 Å². The number of aromatic nitrogens is 1. The van der Waals surface area contributed by atoms with E-state index in [-0.39, 0.29) is 12.6 Å². The van der Waals surface area contributed by atoms with Crippen molar-refractivity contribution in [3.05, 3.63) is 95.3 Å². The summed E-state index contributed by atoms with van der Waals surface area (Å²) in [6, 6.07) is 22.1. The Kier molecular flexibility index (Phi) is 6.36. The van der Waals surface area contributed by atoms with E-state index in [4.69, 9.17) is 9.84 Å². The predicted octanol–water partition coefficient (Wildman–Crippen LogP) is 4.00. The van der Waals surface area contributed by atoms with Crippen LogP contribution in [0.4, 0.5) is 0 Å². The molecular weight excluding hydrogens is 324 g/mol. The van der Waals surface area contributed by atoms with E-state index in [1.165, 1.54) is 11.1 Å². The summed E-state index contributed by atoms with van der Waals surface area (Å²) < 4.78 is 5.86. The SMILES string of the molecule is CC(NCc1ccc(CO)cc1)c1cccc(OCc2ccccn2)c1. The zero-order valence-electron chi connectivity index (χ0n) is 14.9. The molecule has 0 saturated heterocycles. The summed E-state index contributed by atoms with van der Waals surface area (Å²) in [6.07, 6.45) is 1.77. The maximum Gasteiger partial charge on any atom is 0.130 e. The van der Waals surface area contributed by atoms with E-state index < -0.39 is 0 Å². The van der Waals surface area contributed by atoms with E-state index in [1.807, 2.05) is 54.6 Å². The van der Waals surface area contributed by atoms with Gasteiger partial charge in [-0.05, 0) is 47.9 Å². The second kappa shape index (κ2) is 9.13. The molecule has 0 saturated carbocycles. The minimum absolute atomic E-state index is 0.0788. The van der Waals surface area contributed by atoms with Gasteiger partial charge in [-0.25, -0.2) is 0 Å². The third-order valence-electron chi connectivity index (χ3n) is 4.29. The average molecular weight is 348 g/mol. The van der Waals surface area contributed by atoms with Crippen LogP contribution in [0.15, 0.2) is 72.9 Å². The van der Waals surface area contributed by atoms with Gasteiger partial charge in [0.25, 0.3) is 0 Å². The molecule has 2 aromatic carbocycles. The lowest BCUT2D eigenvalue weighted by atomic mass is 10.1. The molecule has 1 heterocycles. The van der Waals surface area contributed by atoms with Crippen molar-refractivity contribution in [1.82, 2.24) is 10.3 Å². The zero-order chi connectivity index (χ0) is 18.2. The molecule has 4 heteroatoms. The lowest BCUT2D eigenvalue weighted by molar-refractivity contribution is 0.282. The van der Waals surface area contributed by atoms with Crippen LogP contribution in [-0.2, 0) is 19.8 Å². The monoisotopic (exact) mass is 348 g/mol. The molecule has 1 unspecified atom stereocenters. The van der Waals surface area contributed by atoms with E-state index in [1.54, 1.807) is 6.20 Å². The van der Waals surface area contributed by atoms with Crippen LogP contribution < -0.4 is 10.1 Å². The van der Waals surface area contributed by atoms with Gasteiger partial charge in [0, 0.05) is 18.8 Å². The molecule has 0 radical (unpaired) electrons. The Balaban J connectivity index is 1.56. The van der Waals surface area contributed by atoms with Gasteiger partial charge in [0.15, 0.2) is 0 Å². The predicted molar refractivity (Wildman–Crippen MR) is 103 cm³/mol. The van der Waals surface area contributed by atoms with Crippen molar-refractivity contribution in [2.45, 2.75) is 32.7 Å². The van der Waals surface area contributed by atoms with Crippen LogP contribution in [0.1, 0.15) is 35.3 Å². The highest BCUT2D eigenvalue weighted by atomic mass is 16.5. The molecule has 26 heavy (non-hydrogen) atoms. The number of hydrogen-bond acceptors (Lipinski definition) is 4. The molecule has 2 N–H and O–H groups in total. The van der Waals surface area contributed by atoms with Crippen molar-refractivity contribution in [3.8, 4) is 5.75 Å². The van der Waals surface area contributed by atoms with Crippen molar-refractivity contribution in [3.63, 3.8) is 0 Å². The normalized spacial score (nSPS) is 11.9. The summed E-state index contributed by atoms with van der Waals surface area (Å²) >= 11 is 0. The zero-order valence-corrected chi connectivity index (χ0v) is 14.9. The van der Waals surface area contributed by atoms with Gasteiger partial charge in [-0.1, -0.05) is 42.5 Å². The molecule has 0 aliphatic carbocycles. The van der Waals surface area contributed by atoms with Crippen molar-refractivity contribution < 1.29 is 9.84 Å². The second-order valence-corrected chi connectivity index (χ2v) is 6.26. The topological polar surface area (TPSA) is 54.4 Å². The fourth-order valence-corrected chi connectivity index (χ4v) is 2.67. The minimum Gasteiger partial charge on any atom is -0.487 e. The molecule has 0 spiro atoms. The van der Waals surface area contributed by atoms with Crippen LogP contribution >= 0.6 is 0 Å². The number of ether oxygens (including phenoxy) is 1. The van der Waals surface area contributed by atoms with E-state index >= 15 is 0 Å². The van der Waals surface area contributed by atoms with Gasteiger partial charge >= 0.3 is 0 Å². The Hall–Kier alpha value is -2.69. The Morgan fingerprint density at radius 3 is 2.54 bits per heavy atom. The summed E-state index contributed by atoms with van der Waals surface area (Å²) in [5, 5.41) is 12.6. The number of aliphatic hydroxyl groups excluding tert-OH is 1. The van der Waals surface area contributed by atoms with Gasteiger partial charge in [0.2, 0.25) is 0 Å². The molecule has 0 fully saturated rings. The molecule has 3 rings (SSSR count). The smallest absolute Gasteiger partial charge is 0.130 e. The number of rotatable bonds is 8. The van der Waals surface area contributed by atoms with Crippen LogP contribution in [0.2, 0.25) is 0 Å². The van der Waals surface area contributed by atoms with E-state index in [0.29, 0.717) is 6.61 Å². The number of hydrogen-bond donors (Lipinski definition) is 2. The van der Waals surface area contributed by atoms with Crippen molar-refractivity contribution >= 4 is 0 Å². The third kappa shape index (κ3) is 5.15. The maximum atomic E-state index is 9.11. The summed E-state index contributed by atoms with van der Waals surface area (Å²) in [7, 11) is 0. The quantitative estimate of drug-likeness (QED) is 0.646. The Labute approximate surface area is 154 Å². The molecule has 134 valence electrons. The molecule has 4 nitrogen and oxygen atoms in total. The second-order valence-electron chi connectivity index (χ2n) is 6.26. The maximum absolute atomic E-state index is 9.11. The summed E-state index contributed by atoms with van der Waals surface area (Å²) in [4.78, 5) is 4.27. The van der Waals surface area contributed by atoms with Gasteiger partial charge in [-0.2, -0.15) is 0 Å². The molecule has 0 aliphatic rings. The fourth-order valence-electron chi connectivity index (χ4n) is 2.67. The summed E-state index contributed by atoms with van der Waals surface area (Å²) in [5.41, 5.74) is 4.21. The van der Waals surface area contributed by atoms with E-state index in [9.17, 15) is 0 Å². The first-order chi connectivity index (χ1) is 12.7. The van der Waals surface area contributed by atoms with Crippen LogP contribution in [0, 0.1) is 0 Å². The molecule has 1 aromatic heterocycles. The standard InChI is InChI=1S/C22H24N2O2/c1-17(24-14-18-8-10-19(15-25)11-9-18)20-5-4-7-22(13-20)26-16-21-6-2-3-12-23-21/h2-13,17,24-25H,14-16H2,1H3. The lowest BCUT2D eigenvalue weighted by Crippen LogP contribution is -2.18. The lowest BCUT2D eigenvalue weighted by Gasteiger charge is -2.16. The van der Waals surface area contributed by atoms with Crippen LogP contribution in [0.5, 0.6) is 5.75 Å². The van der Waals surface area contributed by atoms with Gasteiger partial charge in [-0.15, -0.1) is 0 Å². The highest BCUT2D eigenvalue weighted by molar-refractivity contribution is 5.31. The largest absolute Gasteiger partial charge is 0.487 e. The first kappa shape index (κ1) is 18.1. The Bertz CT molecular complexity index is 804. The molecular formula is C22H24N2O2. The summed E-state index contributed by atoms with van der Waals surface area (Å²) in [5.74, 6) is 0.842. The van der Waals surface area contributed by atoms with Gasteiger partial charge in [0.1, 0.15) is 12.4 Å². The van der Waals surface area contributed by atoms with E-state index in [0.717, 1.165) is 23.6 Å². The third-order valence-corrected chi connectivity index (χ3v) is 4.29. The average Bonchev–Trinajstić information content (AvgIpc) is 2.72. The highest BCUT2D eigenvalue weighted by Crippen LogP contribution is 2.20. The van der Waals surface area contributed by atoms with Crippen molar-refractivity contribution in [1.29, 1.82) is 0 Å². The van der Waals surface area contributed by atoms with Crippen molar-refractivity contribution in [2.75, 3.05) is 0 Å². The molecule has 3 aromatic rings. The fraction of sp³-hybridized carbons (Fsp3) is 0.227. The Morgan fingerprint density at radius 1 is 1.00 bits per heavy atom.